The number of benzene rings is 1. The molecule has 0 aliphatic heterocycles. The summed E-state index contributed by atoms with van der Waals surface area (Å²) in [7, 11) is 0. The number of nitrogens with one attached hydrogen (secondary N) is 2. The Kier molecular flexibility index (Phi) is 3.28. The Balaban J connectivity index is 1.54. The molecule has 1 saturated carbocycles. The van der Waals surface area contributed by atoms with Crippen molar-refractivity contribution in [2.75, 3.05) is 5.43 Å². The lowest BCUT2D eigenvalue weighted by Gasteiger charge is -2.06. The quantitative estimate of drug-likeness (QED) is 0.834. The van der Waals surface area contributed by atoms with Crippen LogP contribution in [0.1, 0.15) is 17.9 Å². The smallest absolute Gasteiger partial charge is 0.242 e. The van der Waals surface area contributed by atoms with Gasteiger partial charge in [-0.3, -0.25) is 15.6 Å². The molecule has 2 unspecified atom stereocenters. The van der Waals surface area contributed by atoms with Crippen LogP contribution in [0, 0.1) is 11.7 Å². The zero-order valence-electron chi connectivity index (χ0n) is 10.6. The van der Waals surface area contributed by atoms with Gasteiger partial charge in [0.2, 0.25) is 11.9 Å². The summed E-state index contributed by atoms with van der Waals surface area (Å²) in [4.78, 5) is 19.8. The summed E-state index contributed by atoms with van der Waals surface area (Å²) >= 11 is 0. The molecule has 1 heterocycles. The first-order chi connectivity index (χ1) is 9.74. The molecular formula is C14H13FN4O. The molecule has 1 aromatic heterocycles. The van der Waals surface area contributed by atoms with Crippen molar-refractivity contribution in [2.24, 2.45) is 5.92 Å². The second kappa shape index (κ2) is 5.24. The second-order valence-electron chi connectivity index (χ2n) is 4.69. The predicted molar refractivity (Wildman–Crippen MR) is 71.0 cm³/mol. The first-order valence-electron chi connectivity index (χ1n) is 6.32. The standard InChI is InChI=1S/C14H13FN4O/c15-10-4-2-9(3-5-10)11-8-12(11)13(20)18-19-14-16-6-1-7-17-14/h1-7,11-12H,8H2,(H,18,20)(H,16,17,19). The minimum Gasteiger partial charge on any atom is -0.273 e. The number of hydrogen-bond acceptors (Lipinski definition) is 4. The highest BCUT2D eigenvalue weighted by atomic mass is 19.1. The summed E-state index contributed by atoms with van der Waals surface area (Å²) in [6.07, 6.45) is 3.94. The highest BCUT2D eigenvalue weighted by Gasteiger charge is 2.43. The molecule has 5 nitrogen and oxygen atoms in total. The third-order valence-corrected chi connectivity index (χ3v) is 3.29. The van der Waals surface area contributed by atoms with Crippen molar-refractivity contribution in [2.45, 2.75) is 12.3 Å². The van der Waals surface area contributed by atoms with E-state index >= 15 is 0 Å². The summed E-state index contributed by atoms with van der Waals surface area (Å²) in [5, 5.41) is 0. The van der Waals surface area contributed by atoms with Crippen molar-refractivity contribution >= 4 is 11.9 Å². The topological polar surface area (TPSA) is 66.9 Å². The van der Waals surface area contributed by atoms with Crippen LogP contribution in [0.15, 0.2) is 42.7 Å². The molecule has 102 valence electrons. The molecule has 0 bridgehead atoms. The highest BCUT2D eigenvalue weighted by Crippen LogP contribution is 2.47. The molecule has 0 radical (unpaired) electrons. The Hall–Kier alpha value is -2.50. The van der Waals surface area contributed by atoms with Crippen LogP contribution in [0.2, 0.25) is 0 Å². The number of carbonyl (C=O) groups excluding carboxylic acids is 1. The molecule has 6 heteroatoms. The van der Waals surface area contributed by atoms with Crippen molar-refractivity contribution < 1.29 is 9.18 Å². The van der Waals surface area contributed by atoms with Crippen molar-refractivity contribution in [1.82, 2.24) is 15.4 Å². The maximum atomic E-state index is 12.8. The number of rotatable bonds is 4. The number of anilines is 1. The van der Waals surface area contributed by atoms with Gasteiger partial charge in [0.25, 0.3) is 0 Å². The lowest BCUT2D eigenvalue weighted by atomic mass is 10.1. The third-order valence-electron chi connectivity index (χ3n) is 3.29. The molecule has 3 rings (SSSR count). The molecule has 2 atom stereocenters. The molecule has 1 amide bonds. The average molecular weight is 272 g/mol. The molecule has 0 spiro atoms. The van der Waals surface area contributed by atoms with Crippen LogP contribution in [0.25, 0.3) is 0 Å². The first-order valence-corrected chi connectivity index (χ1v) is 6.32. The Labute approximate surface area is 115 Å². The van der Waals surface area contributed by atoms with Crippen molar-refractivity contribution in [3.05, 3.63) is 54.1 Å². The summed E-state index contributed by atoms with van der Waals surface area (Å²) in [6.45, 7) is 0. The largest absolute Gasteiger partial charge is 0.273 e. The molecule has 1 aromatic carbocycles. The lowest BCUT2D eigenvalue weighted by molar-refractivity contribution is -0.121. The summed E-state index contributed by atoms with van der Waals surface area (Å²) in [5.41, 5.74) is 6.24. The fourth-order valence-electron chi connectivity index (χ4n) is 2.14. The van der Waals surface area contributed by atoms with Crippen LogP contribution in [-0.4, -0.2) is 15.9 Å². The maximum absolute atomic E-state index is 12.8. The molecule has 2 N–H and O–H groups in total. The Morgan fingerprint density at radius 2 is 1.90 bits per heavy atom. The monoisotopic (exact) mass is 272 g/mol. The van der Waals surface area contributed by atoms with Gasteiger partial charge in [0.05, 0.1) is 0 Å². The van der Waals surface area contributed by atoms with Crippen LogP contribution in [0.4, 0.5) is 10.3 Å². The van der Waals surface area contributed by atoms with E-state index in [0.29, 0.717) is 5.95 Å². The number of nitrogens with zero attached hydrogens (tertiary/aromatic N) is 2. The van der Waals surface area contributed by atoms with Crippen LogP contribution in [-0.2, 0) is 4.79 Å². The number of aromatic nitrogens is 2. The van der Waals surface area contributed by atoms with Gasteiger partial charge in [-0.25, -0.2) is 14.4 Å². The number of hydrazine groups is 1. The van der Waals surface area contributed by atoms with Crippen LogP contribution >= 0.6 is 0 Å². The van der Waals surface area contributed by atoms with Gasteiger partial charge in [-0.1, -0.05) is 12.1 Å². The molecule has 0 saturated heterocycles. The second-order valence-corrected chi connectivity index (χ2v) is 4.69. The number of amides is 1. The Morgan fingerprint density at radius 3 is 2.60 bits per heavy atom. The van der Waals surface area contributed by atoms with E-state index in [0.717, 1.165) is 12.0 Å². The van der Waals surface area contributed by atoms with E-state index in [9.17, 15) is 9.18 Å². The SMILES string of the molecule is O=C(NNc1ncccn1)C1CC1c1ccc(F)cc1. The van der Waals surface area contributed by atoms with Gasteiger partial charge in [0.1, 0.15) is 5.82 Å². The first kappa shape index (κ1) is 12.5. The van der Waals surface area contributed by atoms with E-state index < -0.39 is 0 Å². The van der Waals surface area contributed by atoms with Crippen LogP contribution in [0.3, 0.4) is 0 Å². The molecule has 2 aromatic rings. The minimum absolute atomic E-state index is 0.0864. The summed E-state index contributed by atoms with van der Waals surface area (Å²) in [5.74, 6) is 0.0515. The van der Waals surface area contributed by atoms with Crippen molar-refractivity contribution in [1.29, 1.82) is 0 Å². The molecule has 1 aliphatic carbocycles. The van der Waals surface area contributed by atoms with Crippen LogP contribution < -0.4 is 10.9 Å². The van der Waals surface area contributed by atoms with Gasteiger partial charge >= 0.3 is 0 Å². The van der Waals surface area contributed by atoms with E-state index in [2.05, 4.69) is 20.8 Å². The van der Waals surface area contributed by atoms with Gasteiger partial charge < -0.3 is 0 Å². The number of hydrogen-bond donors (Lipinski definition) is 2. The fourth-order valence-corrected chi connectivity index (χ4v) is 2.14. The Morgan fingerprint density at radius 1 is 1.20 bits per heavy atom. The lowest BCUT2D eigenvalue weighted by Crippen LogP contribution is -2.31. The summed E-state index contributed by atoms with van der Waals surface area (Å²) < 4.78 is 12.8. The van der Waals surface area contributed by atoms with Crippen LogP contribution in [0.5, 0.6) is 0 Å². The van der Waals surface area contributed by atoms with Gasteiger partial charge in [-0.05, 0) is 36.1 Å². The zero-order valence-corrected chi connectivity index (χ0v) is 10.6. The minimum atomic E-state index is -0.265. The zero-order chi connectivity index (χ0) is 13.9. The van der Waals surface area contributed by atoms with E-state index in [1.807, 2.05) is 0 Å². The molecule has 1 fully saturated rings. The van der Waals surface area contributed by atoms with Gasteiger partial charge in [0, 0.05) is 18.3 Å². The summed E-state index contributed by atoms with van der Waals surface area (Å²) in [6, 6.07) is 7.97. The molecule has 20 heavy (non-hydrogen) atoms. The van der Waals surface area contributed by atoms with E-state index in [-0.39, 0.29) is 23.6 Å². The highest BCUT2D eigenvalue weighted by molar-refractivity contribution is 5.83. The van der Waals surface area contributed by atoms with E-state index in [1.54, 1.807) is 30.6 Å². The normalized spacial score (nSPS) is 20.2. The maximum Gasteiger partial charge on any atom is 0.242 e. The Bertz CT molecular complexity index is 602. The van der Waals surface area contributed by atoms with E-state index in [1.165, 1.54) is 12.1 Å². The predicted octanol–water partition coefficient (Wildman–Crippen LogP) is 1.86. The number of carbonyl (C=O) groups is 1. The van der Waals surface area contributed by atoms with Crippen molar-refractivity contribution in [3.63, 3.8) is 0 Å². The van der Waals surface area contributed by atoms with Gasteiger partial charge in [-0.15, -0.1) is 0 Å². The van der Waals surface area contributed by atoms with Gasteiger partial charge in [0.15, 0.2) is 0 Å². The fraction of sp³-hybridized carbons (Fsp3) is 0.214. The van der Waals surface area contributed by atoms with Crippen molar-refractivity contribution in [3.8, 4) is 0 Å². The number of halogens is 1. The molecule has 1 aliphatic rings. The van der Waals surface area contributed by atoms with Gasteiger partial charge in [-0.2, -0.15) is 0 Å². The average Bonchev–Trinajstić information content (AvgIpc) is 3.27. The molecular weight excluding hydrogens is 259 g/mol. The van der Waals surface area contributed by atoms with E-state index in [4.69, 9.17) is 0 Å². The third kappa shape index (κ3) is 2.74.